The zero-order chi connectivity index (χ0) is 33.7. The van der Waals surface area contributed by atoms with Crippen LogP contribution in [0.2, 0.25) is 0 Å². The molecule has 0 radical (unpaired) electrons. The Morgan fingerprint density at radius 1 is 0.353 bits per heavy atom. The fourth-order valence-corrected chi connectivity index (χ4v) is 7.10. The molecule has 51 heavy (non-hydrogen) atoms. The third-order valence-corrected chi connectivity index (χ3v) is 9.66. The molecular weight excluding hydrogens is 625 g/mol. The summed E-state index contributed by atoms with van der Waals surface area (Å²) in [6.45, 7) is 0. The zero-order valence-electron chi connectivity index (χ0n) is 27.5. The summed E-state index contributed by atoms with van der Waals surface area (Å²) in [6, 6.07) is 63.7. The molecule has 240 valence electrons. The van der Waals surface area contributed by atoms with E-state index < -0.39 is 0 Å². The van der Waals surface area contributed by atoms with Crippen molar-refractivity contribution in [1.82, 2.24) is 4.98 Å². The number of fused-ring (bicyclic) bond motifs is 5. The Balaban J connectivity index is 1.11. The third-order valence-electron chi connectivity index (χ3n) is 9.66. The van der Waals surface area contributed by atoms with Gasteiger partial charge in [0.15, 0.2) is 5.58 Å². The average Bonchev–Trinajstić information content (AvgIpc) is 3.78. The highest BCUT2D eigenvalue weighted by atomic mass is 16.4. The largest absolute Gasteiger partial charge is 0.456 e. The van der Waals surface area contributed by atoms with Gasteiger partial charge in [0, 0.05) is 39.5 Å². The van der Waals surface area contributed by atoms with Crippen LogP contribution in [-0.2, 0) is 0 Å². The number of hydrogen-bond donors (Lipinski definition) is 0. The Morgan fingerprint density at radius 2 is 0.980 bits per heavy atom. The van der Waals surface area contributed by atoms with E-state index in [2.05, 4.69) is 144 Å². The van der Waals surface area contributed by atoms with Gasteiger partial charge >= 0.3 is 0 Å². The molecule has 0 aliphatic carbocycles. The Hall–Kier alpha value is -6.91. The second-order valence-corrected chi connectivity index (χ2v) is 12.8. The lowest BCUT2D eigenvalue weighted by molar-refractivity contribution is 0.620. The molecular formula is C47H30N2O2. The van der Waals surface area contributed by atoms with Gasteiger partial charge in [0.2, 0.25) is 5.89 Å². The van der Waals surface area contributed by atoms with Crippen molar-refractivity contribution in [2.24, 2.45) is 0 Å². The summed E-state index contributed by atoms with van der Waals surface area (Å²) in [5.41, 5.74) is 11.9. The number of furan rings is 1. The monoisotopic (exact) mass is 654 g/mol. The van der Waals surface area contributed by atoms with E-state index in [-0.39, 0.29) is 0 Å². The number of nitrogens with zero attached hydrogens (tertiary/aromatic N) is 2. The molecule has 10 rings (SSSR count). The van der Waals surface area contributed by atoms with Gasteiger partial charge in [0.1, 0.15) is 16.7 Å². The van der Waals surface area contributed by atoms with Crippen molar-refractivity contribution in [3.05, 3.63) is 182 Å². The van der Waals surface area contributed by atoms with Crippen molar-refractivity contribution in [3.63, 3.8) is 0 Å². The van der Waals surface area contributed by atoms with Crippen molar-refractivity contribution in [2.75, 3.05) is 4.90 Å². The normalized spacial score (nSPS) is 11.5. The van der Waals surface area contributed by atoms with E-state index in [0.29, 0.717) is 5.89 Å². The third kappa shape index (κ3) is 5.22. The molecule has 2 heterocycles. The number of rotatable bonds is 6. The molecule has 0 saturated heterocycles. The topological polar surface area (TPSA) is 42.4 Å². The molecule has 4 heteroatoms. The zero-order valence-corrected chi connectivity index (χ0v) is 27.5. The van der Waals surface area contributed by atoms with E-state index in [9.17, 15) is 0 Å². The standard InChI is InChI=1S/C47H30N2O2/c1-3-10-31(11-4-1)33-20-22-38(23-21-33)49(39-17-9-16-36(27-39)37-19-18-32-12-7-8-15-35(32)26-37)40-24-25-44-41(28-40)42-29-46-43(30-45(42)50-44)48-47(51-46)34-13-5-2-6-14-34/h1-30H. The van der Waals surface area contributed by atoms with Gasteiger partial charge in [0.25, 0.3) is 0 Å². The first-order valence-electron chi connectivity index (χ1n) is 17.1. The van der Waals surface area contributed by atoms with E-state index in [1.165, 1.54) is 27.5 Å². The van der Waals surface area contributed by atoms with E-state index in [1.807, 2.05) is 42.5 Å². The Kier molecular flexibility index (Phi) is 6.78. The van der Waals surface area contributed by atoms with Crippen molar-refractivity contribution >= 4 is 60.9 Å². The smallest absolute Gasteiger partial charge is 0.227 e. The maximum atomic E-state index is 6.40. The minimum absolute atomic E-state index is 0.597. The molecule has 8 aromatic carbocycles. The second kappa shape index (κ2) is 11.9. The fourth-order valence-electron chi connectivity index (χ4n) is 7.10. The van der Waals surface area contributed by atoms with Crippen LogP contribution >= 0.6 is 0 Å². The van der Waals surface area contributed by atoms with Crippen molar-refractivity contribution in [3.8, 4) is 33.7 Å². The predicted molar refractivity (Wildman–Crippen MR) is 210 cm³/mol. The van der Waals surface area contributed by atoms with Crippen molar-refractivity contribution in [1.29, 1.82) is 0 Å². The summed E-state index contributed by atoms with van der Waals surface area (Å²) in [4.78, 5) is 7.09. The lowest BCUT2D eigenvalue weighted by Crippen LogP contribution is -2.10. The molecule has 4 nitrogen and oxygen atoms in total. The SMILES string of the molecule is c1ccc(-c2ccc(N(c3cccc(-c4ccc5ccccc5c4)c3)c3ccc4oc5cc6nc(-c7ccccc7)oc6cc5c4c3)cc2)cc1. The highest BCUT2D eigenvalue weighted by Crippen LogP contribution is 2.41. The Labute approximate surface area is 294 Å². The summed E-state index contributed by atoms with van der Waals surface area (Å²) in [7, 11) is 0. The first-order valence-corrected chi connectivity index (χ1v) is 17.1. The van der Waals surface area contributed by atoms with Crippen molar-refractivity contribution in [2.45, 2.75) is 0 Å². The van der Waals surface area contributed by atoms with Crippen LogP contribution in [0.25, 0.3) is 77.5 Å². The number of hydrogen-bond acceptors (Lipinski definition) is 4. The highest BCUT2D eigenvalue weighted by molar-refractivity contribution is 6.10. The van der Waals surface area contributed by atoms with Crippen LogP contribution in [0.3, 0.4) is 0 Å². The summed E-state index contributed by atoms with van der Waals surface area (Å²) in [5.74, 6) is 0.597. The van der Waals surface area contributed by atoms with Crippen LogP contribution in [0, 0.1) is 0 Å². The fraction of sp³-hybridized carbons (Fsp3) is 0. The lowest BCUT2D eigenvalue weighted by Gasteiger charge is -2.26. The molecule has 10 aromatic rings. The van der Waals surface area contributed by atoms with E-state index in [0.717, 1.165) is 61.2 Å². The van der Waals surface area contributed by atoms with E-state index in [1.54, 1.807) is 0 Å². The molecule has 0 unspecified atom stereocenters. The summed E-state index contributed by atoms with van der Waals surface area (Å²) < 4.78 is 12.7. The second-order valence-electron chi connectivity index (χ2n) is 12.8. The first-order chi connectivity index (χ1) is 25.2. The van der Waals surface area contributed by atoms with Crippen LogP contribution in [0.1, 0.15) is 0 Å². The van der Waals surface area contributed by atoms with Gasteiger partial charge in [-0.15, -0.1) is 0 Å². The Morgan fingerprint density at radius 3 is 1.80 bits per heavy atom. The van der Waals surface area contributed by atoms with Crippen LogP contribution < -0.4 is 4.90 Å². The van der Waals surface area contributed by atoms with Gasteiger partial charge < -0.3 is 13.7 Å². The van der Waals surface area contributed by atoms with E-state index >= 15 is 0 Å². The van der Waals surface area contributed by atoms with Gasteiger partial charge in [-0.2, -0.15) is 0 Å². The van der Waals surface area contributed by atoms with Crippen molar-refractivity contribution < 1.29 is 8.83 Å². The Bertz CT molecular complexity index is 2850. The molecule has 0 atom stereocenters. The van der Waals surface area contributed by atoms with Crippen LogP contribution in [0.5, 0.6) is 0 Å². The molecule has 0 saturated carbocycles. The summed E-state index contributed by atoms with van der Waals surface area (Å²) >= 11 is 0. The van der Waals surface area contributed by atoms with Crippen LogP contribution in [0.15, 0.2) is 191 Å². The van der Waals surface area contributed by atoms with E-state index in [4.69, 9.17) is 13.8 Å². The van der Waals surface area contributed by atoms with Gasteiger partial charge in [-0.25, -0.2) is 4.98 Å². The molecule has 0 aliphatic rings. The summed E-state index contributed by atoms with van der Waals surface area (Å²) in [5, 5.41) is 4.46. The maximum absolute atomic E-state index is 6.40. The molecule has 0 aliphatic heterocycles. The highest BCUT2D eigenvalue weighted by Gasteiger charge is 2.18. The summed E-state index contributed by atoms with van der Waals surface area (Å²) in [6.07, 6.45) is 0. The van der Waals surface area contributed by atoms with Crippen LogP contribution in [-0.4, -0.2) is 4.98 Å². The van der Waals surface area contributed by atoms with Gasteiger partial charge in [-0.3, -0.25) is 0 Å². The lowest BCUT2D eigenvalue weighted by atomic mass is 10.00. The minimum Gasteiger partial charge on any atom is -0.456 e. The number of oxazole rings is 1. The molecule has 0 fully saturated rings. The minimum atomic E-state index is 0.597. The molecule has 0 N–H and O–H groups in total. The average molecular weight is 655 g/mol. The van der Waals surface area contributed by atoms with Gasteiger partial charge in [0.05, 0.1) is 0 Å². The maximum Gasteiger partial charge on any atom is 0.227 e. The molecule has 0 bridgehead atoms. The molecule has 2 aromatic heterocycles. The number of benzene rings is 8. The molecule has 0 spiro atoms. The van der Waals surface area contributed by atoms with Crippen LogP contribution in [0.4, 0.5) is 17.1 Å². The first kappa shape index (κ1) is 29.0. The molecule has 0 amide bonds. The number of aromatic nitrogens is 1. The van der Waals surface area contributed by atoms with Gasteiger partial charge in [-0.1, -0.05) is 109 Å². The number of anilines is 3. The predicted octanol–water partition coefficient (Wildman–Crippen LogP) is 13.4. The quantitative estimate of drug-likeness (QED) is 0.179. The van der Waals surface area contributed by atoms with Gasteiger partial charge in [-0.05, 0) is 99.8 Å².